The maximum atomic E-state index is 12.5. The van der Waals surface area contributed by atoms with E-state index in [0.717, 1.165) is 17.7 Å². The molecule has 110 valence electrons. The van der Waals surface area contributed by atoms with Crippen LogP contribution in [0, 0.1) is 0 Å². The molecule has 5 heteroatoms. The molecule has 0 aromatic heterocycles. The van der Waals surface area contributed by atoms with E-state index in [1.807, 2.05) is 6.07 Å². The van der Waals surface area contributed by atoms with E-state index < -0.39 is 5.60 Å². The summed E-state index contributed by atoms with van der Waals surface area (Å²) in [5.74, 6) is 0.580. The molecule has 20 heavy (non-hydrogen) atoms. The molecule has 0 unspecified atom stereocenters. The van der Waals surface area contributed by atoms with Crippen LogP contribution in [0.1, 0.15) is 25.8 Å². The maximum absolute atomic E-state index is 12.5. The van der Waals surface area contributed by atoms with Gasteiger partial charge >= 0.3 is 0 Å². The number of aliphatic hydroxyl groups is 1. The molecule has 0 aliphatic carbocycles. The third kappa shape index (κ3) is 2.78. The third-order valence-corrected chi connectivity index (χ3v) is 3.35. The summed E-state index contributed by atoms with van der Waals surface area (Å²) in [5, 5.41) is 9.21. The van der Waals surface area contributed by atoms with Crippen molar-refractivity contribution in [3.8, 4) is 5.75 Å². The van der Waals surface area contributed by atoms with Crippen molar-refractivity contribution in [1.29, 1.82) is 0 Å². The van der Waals surface area contributed by atoms with Crippen LogP contribution in [0.2, 0.25) is 0 Å². The van der Waals surface area contributed by atoms with Crippen LogP contribution in [0.5, 0.6) is 5.75 Å². The lowest BCUT2D eigenvalue weighted by molar-refractivity contribution is -0.132. The van der Waals surface area contributed by atoms with E-state index in [1.54, 1.807) is 38.0 Å². The molecule has 0 fully saturated rings. The van der Waals surface area contributed by atoms with Crippen molar-refractivity contribution in [3.63, 3.8) is 0 Å². The number of amides is 1. The number of methoxy groups -OCH3 is 1. The number of carbonyl (C=O) groups excluding carboxylic acids is 1. The minimum atomic E-state index is -0.895. The molecule has 0 saturated carbocycles. The van der Waals surface area contributed by atoms with Gasteiger partial charge < -0.3 is 19.5 Å². The maximum Gasteiger partial charge on any atom is 0.270 e. The fourth-order valence-electron chi connectivity index (χ4n) is 2.30. The minimum Gasteiger partial charge on any atom is -0.476 e. The van der Waals surface area contributed by atoms with E-state index in [4.69, 9.17) is 9.47 Å². The Kier molecular flexibility index (Phi) is 4.30. The van der Waals surface area contributed by atoms with Gasteiger partial charge in [0.1, 0.15) is 5.75 Å². The monoisotopic (exact) mass is 279 g/mol. The first-order valence-electron chi connectivity index (χ1n) is 6.73. The average Bonchev–Trinajstić information content (AvgIpc) is 2.42. The SMILES string of the molecule is COCCCN1C(=O)C(C)(C)Oc2cc(CO)ccc21. The van der Waals surface area contributed by atoms with Gasteiger partial charge in [-0.1, -0.05) is 6.07 Å². The zero-order chi connectivity index (χ0) is 14.8. The fraction of sp³-hybridized carbons (Fsp3) is 0.533. The Morgan fingerprint density at radius 1 is 1.40 bits per heavy atom. The number of aliphatic hydroxyl groups excluding tert-OH is 1. The van der Waals surface area contributed by atoms with Gasteiger partial charge in [0.2, 0.25) is 0 Å². The van der Waals surface area contributed by atoms with Crippen LogP contribution in [0.4, 0.5) is 5.69 Å². The molecule has 0 bridgehead atoms. The summed E-state index contributed by atoms with van der Waals surface area (Å²) < 4.78 is 10.8. The first-order valence-corrected chi connectivity index (χ1v) is 6.73. The molecule has 1 heterocycles. The summed E-state index contributed by atoms with van der Waals surface area (Å²) >= 11 is 0. The number of ether oxygens (including phenoxy) is 2. The molecular formula is C15H21NO4. The fourth-order valence-corrected chi connectivity index (χ4v) is 2.30. The molecule has 0 atom stereocenters. The van der Waals surface area contributed by atoms with Gasteiger partial charge in [-0.3, -0.25) is 4.79 Å². The number of nitrogens with zero attached hydrogens (tertiary/aromatic N) is 1. The summed E-state index contributed by atoms with van der Waals surface area (Å²) in [7, 11) is 1.65. The second-order valence-electron chi connectivity index (χ2n) is 5.38. The Balaban J connectivity index is 2.33. The predicted molar refractivity (Wildman–Crippen MR) is 75.9 cm³/mol. The van der Waals surface area contributed by atoms with Crippen LogP contribution in [-0.4, -0.2) is 36.9 Å². The van der Waals surface area contributed by atoms with Gasteiger partial charge in [0.25, 0.3) is 5.91 Å². The average molecular weight is 279 g/mol. The molecule has 1 aliphatic rings. The summed E-state index contributed by atoms with van der Waals surface area (Å²) in [6.07, 6.45) is 0.763. The van der Waals surface area contributed by atoms with E-state index >= 15 is 0 Å². The highest BCUT2D eigenvalue weighted by Crippen LogP contribution is 2.38. The smallest absolute Gasteiger partial charge is 0.270 e. The second kappa shape index (κ2) is 5.81. The quantitative estimate of drug-likeness (QED) is 0.834. The Hall–Kier alpha value is -1.59. The van der Waals surface area contributed by atoms with Gasteiger partial charge in [-0.15, -0.1) is 0 Å². The first kappa shape index (κ1) is 14.8. The summed E-state index contributed by atoms with van der Waals surface area (Å²) in [6, 6.07) is 5.41. The van der Waals surface area contributed by atoms with E-state index in [-0.39, 0.29) is 12.5 Å². The van der Waals surface area contributed by atoms with Crippen LogP contribution in [0.15, 0.2) is 18.2 Å². The van der Waals surface area contributed by atoms with Gasteiger partial charge in [-0.2, -0.15) is 0 Å². The molecule has 2 rings (SSSR count). The summed E-state index contributed by atoms with van der Waals surface area (Å²) in [5.41, 5.74) is 0.627. The Morgan fingerprint density at radius 3 is 2.80 bits per heavy atom. The minimum absolute atomic E-state index is 0.0469. The van der Waals surface area contributed by atoms with Gasteiger partial charge in [-0.05, 0) is 38.0 Å². The van der Waals surface area contributed by atoms with E-state index in [9.17, 15) is 9.90 Å². The van der Waals surface area contributed by atoms with Gasteiger partial charge in [0.05, 0.1) is 12.3 Å². The van der Waals surface area contributed by atoms with E-state index in [2.05, 4.69) is 0 Å². The van der Waals surface area contributed by atoms with Crippen molar-refractivity contribution >= 4 is 11.6 Å². The highest BCUT2D eigenvalue weighted by molar-refractivity contribution is 6.02. The molecule has 1 amide bonds. The third-order valence-electron chi connectivity index (χ3n) is 3.35. The molecule has 0 spiro atoms. The van der Waals surface area contributed by atoms with Crippen molar-refractivity contribution in [2.45, 2.75) is 32.5 Å². The van der Waals surface area contributed by atoms with Crippen molar-refractivity contribution in [1.82, 2.24) is 0 Å². The number of hydrogen-bond donors (Lipinski definition) is 1. The molecule has 5 nitrogen and oxygen atoms in total. The highest BCUT2D eigenvalue weighted by atomic mass is 16.5. The van der Waals surface area contributed by atoms with Crippen LogP contribution in [0.25, 0.3) is 0 Å². The van der Waals surface area contributed by atoms with E-state index in [0.29, 0.717) is 18.9 Å². The molecule has 1 aliphatic heterocycles. The summed E-state index contributed by atoms with van der Waals surface area (Å²) in [4.78, 5) is 14.2. The number of fused-ring (bicyclic) bond motifs is 1. The standard InChI is InChI=1S/C15H21NO4/c1-15(2)14(18)16(7-4-8-19-3)12-6-5-11(10-17)9-13(12)20-15/h5-6,9,17H,4,7-8,10H2,1-3H3. The van der Waals surface area contributed by atoms with Crippen molar-refractivity contribution in [3.05, 3.63) is 23.8 Å². The lowest BCUT2D eigenvalue weighted by atomic mass is 10.0. The van der Waals surface area contributed by atoms with Crippen molar-refractivity contribution < 1.29 is 19.4 Å². The van der Waals surface area contributed by atoms with Crippen molar-refractivity contribution in [2.24, 2.45) is 0 Å². The second-order valence-corrected chi connectivity index (χ2v) is 5.38. The Labute approximate surface area is 119 Å². The highest BCUT2D eigenvalue weighted by Gasteiger charge is 2.40. The van der Waals surface area contributed by atoms with Crippen molar-refractivity contribution in [2.75, 3.05) is 25.2 Å². The first-order chi connectivity index (χ1) is 9.49. The van der Waals surface area contributed by atoms with Crippen LogP contribution >= 0.6 is 0 Å². The zero-order valence-electron chi connectivity index (χ0n) is 12.2. The topological polar surface area (TPSA) is 59.0 Å². The number of rotatable bonds is 5. The summed E-state index contributed by atoms with van der Waals surface area (Å²) in [6.45, 7) is 4.66. The number of carbonyl (C=O) groups is 1. The molecule has 1 N–H and O–H groups in total. The molecule has 1 aromatic rings. The normalized spacial score (nSPS) is 16.8. The number of hydrogen-bond acceptors (Lipinski definition) is 4. The largest absolute Gasteiger partial charge is 0.476 e. The van der Waals surface area contributed by atoms with Crippen LogP contribution in [0.3, 0.4) is 0 Å². The van der Waals surface area contributed by atoms with Gasteiger partial charge in [0.15, 0.2) is 5.60 Å². The number of anilines is 1. The Morgan fingerprint density at radius 2 is 2.15 bits per heavy atom. The molecule has 0 saturated heterocycles. The van der Waals surface area contributed by atoms with Crippen LogP contribution in [-0.2, 0) is 16.1 Å². The zero-order valence-corrected chi connectivity index (χ0v) is 12.2. The predicted octanol–water partition coefficient (Wildman–Crippen LogP) is 1.72. The lowest BCUT2D eigenvalue weighted by Gasteiger charge is -2.39. The molecule has 0 radical (unpaired) electrons. The van der Waals surface area contributed by atoms with Gasteiger partial charge in [-0.25, -0.2) is 0 Å². The Bertz CT molecular complexity index is 499. The lowest BCUT2D eigenvalue weighted by Crippen LogP contribution is -2.52. The van der Waals surface area contributed by atoms with Gasteiger partial charge in [0, 0.05) is 20.3 Å². The number of benzene rings is 1. The van der Waals surface area contributed by atoms with E-state index in [1.165, 1.54) is 0 Å². The molecule has 1 aromatic carbocycles. The van der Waals surface area contributed by atoms with Crippen LogP contribution < -0.4 is 9.64 Å². The molecular weight excluding hydrogens is 258 g/mol.